The number of hydrogen-bond donors (Lipinski definition) is 2. The Morgan fingerprint density at radius 2 is 1.89 bits per heavy atom. The van der Waals surface area contributed by atoms with Crippen molar-refractivity contribution < 1.29 is 22.8 Å². The van der Waals surface area contributed by atoms with Gasteiger partial charge in [-0.1, -0.05) is 6.07 Å². The first-order chi connectivity index (χ1) is 16.8. The minimum atomic E-state index is -3.59. The van der Waals surface area contributed by atoms with Gasteiger partial charge in [-0.05, 0) is 61.9 Å². The quantitative estimate of drug-likeness (QED) is 0.582. The zero-order chi connectivity index (χ0) is 25.0. The molecule has 2 fully saturated rings. The Labute approximate surface area is 204 Å². The van der Waals surface area contributed by atoms with E-state index in [0.717, 1.165) is 17.7 Å². The molecule has 0 spiro atoms. The number of nitrogens with zero attached hydrogens (tertiary/aromatic N) is 3. The van der Waals surface area contributed by atoms with Crippen LogP contribution >= 0.6 is 0 Å². The van der Waals surface area contributed by atoms with Crippen molar-refractivity contribution in [3.05, 3.63) is 48.3 Å². The molecule has 0 aliphatic carbocycles. The Bertz CT molecular complexity index is 1210. The van der Waals surface area contributed by atoms with Crippen LogP contribution < -0.4 is 15.5 Å². The highest BCUT2D eigenvalue weighted by molar-refractivity contribution is 7.89. The van der Waals surface area contributed by atoms with E-state index in [1.807, 2.05) is 13.0 Å². The van der Waals surface area contributed by atoms with Crippen molar-refractivity contribution in [3.63, 3.8) is 0 Å². The fraction of sp³-hybridized carbons (Fsp3) is 0.417. The second-order valence-electron chi connectivity index (χ2n) is 8.85. The van der Waals surface area contributed by atoms with E-state index in [4.69, 9.17) is 0 Å². The van der Waals surface area contributed by atoms with Crippen LogP contribution in [0, 0.1) is 12.8 Å². The van der Waals surface area contributed by atoms with E-state index in [-0.39, 0.29) is 23.3 Å². The number of benzene rings is 1. The van der Waals surface area contributed by atoms with Gasteiger partial charge in [0.25, 0.3) is 0 Å². The topological polar surface area (TPSA) is 129 Å². The summed E-state index contributed by atoms with van der Waals surface area (Å²) in [6.07, 6.45) is 5.31. The van der Waals surface area contributed by atoms with Crippen LogP contribution in [-0.4, -0.2) is 61.6 Å². The molecule has 35 heavy (non-hydrogen) atoms. The first kappa shape index (κ1) is 24.8. The van der Waals surface area contributed by atoms with Crippen molar-refractivity contribution in [2.75, 3.05) is 36.4 Å². The van der Waals surface area contributed by atoms with E-state index in [9.17, 15) is 22.8 Å². The van der Waals surface area contributed by atoms with Crippen molar-refractivity contribution in [3.8, 4) is 0 Å². The number of nitrogens with one attached hydrogen (secondary N) is 2. The number of amides is 3. The van der Waals surface area contributed by atoms with Gasteiger partial charge in [-0.15, -0.1) is 0 Å². The van der Waals surface area contributed by atoms with Gasteiger partial charge in [-0.2, -0.15) is 4.31 Å². The molecule has 0 atom stereocenters. The van der Waals surface area contributed by atoms with Gasteiger partial charge in [0.15, 0.2) is 0 Å². The lowest BCUT2D eigenvalue weighted by molar-refractivity contribution is -0.136. The first-order valence-corrected chi connectivity index (χ1v) is 13.1. The second kappa shape index (κ2) is 10.5. The van der Waals surface area contributed by atoms with Crippen LogP contribution in [0.2, 0.25) is 0 Å². The molecule has 2 saturated heterocycles. The zero-order valence-electron chi connectivity index (χ0n) is 19.6. The number of carbonyl (C=O) groups is 3. The van der Waals surface area contributed by atoms with E-state index >= 15 is 0 Å². The van der Waals surface area contributed by atoms with E-state index in [0.29, 0.717) is 44.6 Å². The lowest BCUT2D eigenvalue weighted by atomic mass is 9.98. The molecule has 1 aromatic heterocycles. The van der Waals surface area contributed by atoms with E-state index in [1.165, 1.54) is 22.8 Å². The number of piperidine rings is 1. The summed E-state index contributed by atoms with van der Waals surface area (Å²) >= 11 is 0. The molecule has 2 aliphatic heterocycles. The normalized spacial score (nSPS) is 17.4. The molecule has 10 nitrogen and oxygen atoms in total. The summed E-state index contributed by atoms with van der Waals surface area (Å²) in [6.45, 7) is 3.50. The van der Waals surface area contributed by atoms with Gasteiger partial charge in [0.2, 0.25) is 15.9 Å². The fourth-order valence-corrected chi connectivity index (χ4v) is 5.82. The van der Waals surface area contributed by atoms with Crippen LogP contribution in [-0.2, 0) is 24.4 Å². The van der Waals surface area contributed by atoms with Crippen LogP contribution in [0.3, 0.4) is 0 Å². The molecular weight excluding hydrogens is 470 g/mol. The van der Waals surface area contributed by atoms with Crippen molar-refractivity contribution in [2.45, 2.75) is 37.5 Å². The predicted molar refractivity (Wildman–Crippen MR) is 130 cm³/mol. The SMILES string of the molecule is Cc1ccc(NC(=O)C(=O)NCC2CCN(S(=O)(=O)c3cccnc3)CC2)cc1N1CCCC1=O. The van der Waals surface area contributed by atoms with E-state index < -0.39 is 21.8 Å². The molecule has 2 N–H and O–H groups in total. The summed E-state index contributed by atoms with van der Waals surface area (Å²) in [5.74, 6) is -1.42. The molecule has 0 saturated carbocycles. The standard InChI is InChI=1S/C24H29N5O5S/c1-17-6-7-19(14-21(17)29-11-3-5-22(29)30)27-24(32)23(31)26-15-18-8-12-28(13-9-18)35(33,34)20-4-2-10-25-16-20/h2,4,6-7,10,14,16,18H,3,5,8-9,11-13,15H2,1H3,(H,26,31)(H,27,32). The molecule has 2 aromatic rings. The zero-order valence-corrected chi connectivity index (χ0v) is 20.4. The molecular formula is C24H29N5O5S. The van der Waals surface area contributed by atoms with Crippen molar-refractivity contribution >= 4 is 39.1 Å². The number of aryl methyl sites for hydroxylation is 1. The van der Waals surface area contributed by atoms with Crippen LogP contribution in [0.25, 0.3) is 0 Å². The second-order valence-corrected chi connectivity index (χ2v) is 10.8. The molecule has 1 aromatic carbocycles. The molecule has 4 rings (SSSR count). The highest BCUT2D eigenvalue weighted by atomic mass is 32.2. The fourth-order valence-electron chi connectivity index (χ4n) is 4.39. The number of pyridine rings is 1. The molecule has 0 bridgehead atoms. The maximum absolute atomic E-state index is 12.7. The van der Waals surface area contributed by atoms with E-state index in [1.54, 1.807) is 23.1 Å². The Hall–Kier alpha value is -3.31. The highest BCUT2D eigenvalue weighted by Crippen LogP contribution is 2.28. The minimum Gasteiger partial charge on any atom is -0.348 e. The average molecular weight is 500 g/mol. The van der Waals surface area contributed by atoms with Crippen LogP contribution in [0.5, 0.6) is 0 Å². The van der Waals surface area contributed by atoms with Crippen LogP contribution in [0.4, 0.5) is 11.4 Å². The molecule has 186 valence electrons. The maximum Gasteiger partial charge on any atom is 0.313 e. The lowest BCUT2D eigenvalue weighted by Crippen LogP contribution is -2.43. The number of carbonyl (C=O) groups excluding carboxylic acids is 3. The van der Waals surface area contributed by atoms with Crippen LogP contribution in [0.15, 0.2) is 47.6 Å². The van der Waals surface area contributed by atoms with Gasteiger partial charge in [0.05, 0.1) is 0 Å². The Morgan fingerprint density at radius 1 is 1.11 bits per heavy atom. The van der Waals surface area contributed by atoms with Crippen molar-refractivity contribution in [1.29, 1.82) is 0 Å². The smallest absolute Gasteiger partial charge is 0.313 e. The first-order valence-electron chi connectivity index (χ1n) is 11.7. The highest BCUT2D eigenvalue weighted by Gasteiger charge is 2.30. The summed E-state index contributed by atoms with van der Waals surface area (Å²) in [7, 11) is -3.59. The maximum atomic E-state index is 12.7. The summed E-state index contributed by atoms with van der Waals surface area (Å²) in [6, 6.07) is 8.32. The molecule has 0 radical (unpaired) electrons. The monoisotopic (exact) mass is 499 g/mol. The summed E-state index contributed by atoms with van der Waals surface area (Å²) in [5, 5.41) is 5.25. The Morgan fingerprint density at radius 3 is 2.54 bits per heavy atom. The van der Waals surface area contributed by atoms with Crippen molar-refractivity contribution in [2.24, 2.45) is 5.92 Å². The molecule has 2 aliphatic rings. The van der Waals surface area contributed by atoms with Gasteiger partial charge in [0, 0.05) is 56.4 Å². The van der Waals surface area contributed by atoms with Crippen molar-refractivity contribution in [1.82, 2.24) is 14.6 Å². The third-order valence-electron chi connectivity index (χ3n) is 6.43. The number of sulfonamides is 1. The molecule has 0 unspecified atom stereocenters. The van der Waals surface area contributed by atoms with E-state index in [2.05, 4.69) is 15.6 Å². The van der Waals surface area contributed by atoms with Gasteiger partial charge in [0.1, 0.15) is 4.90 Å². The number of anilines is 2. The molecule has 3 heterocycles. The summed E-state index contributed by atoms with van der Waals surface area (Å²) < 4.78 is 26.8. The Kier molecular flexibility index (Phi) is 7.46. The third kappa shape index (κ3) is 5.68. The molecule has 3 amide bonds. The van der Waals surface area contributed by atoms with Gasteiger partial charge in [-0.3, -0.25) is 19.4 Å². The summed E-state index contributed by atoms with van der Waals surface area (Å²) in [5.41, 5.74) is 2.10. The average Bonchev–Trinajstić information content (AvgIpc) is 3.30. The summed E-state index contributed by atoms with van der Waals surface area (Å²) in [4.78, 5) is 42.6. The van der Waals surface area contributed by atoms with Gasteiger partial charge < -0.3 is 15.5 Å². The van der Waals surface area contributed by atoms with Gasteiger partial charge >= 0.3 is 11.8 Å². The largest absolute Gasteiger partial charge is 0.348 e. The van der Waals surface area contributed by atoms with Gasteiger partial charge in [-0.25, -0.2) is 8.42 Å². The number of rotatable bonds is 6. The minimum absolute atomic E-state index is 0.0496. The number of aromatic nitrogens is 1. The predicted octanol–water partition coefficient (Wildman–Crippen LogP) is 1.67. The molecule has 11 heteroatoms. The third-order valence-corrected chi connectivity index (χ3v) is 8.32. The Balaban J connectivity index is 1.27. The lowest BCUT2D eigenvalue weighted by Gasteiger charge is -2.31. The number of hydrogen-bond acceptors (Lipinski definition) is 6. The van der Waals surface area contributed by atoms with Crippen LogP contribution in [0.1, 0.15) is 31.2 Å².